The fourth-order valence-corrected chi connectivity index (χ4v) is 2.54. The van der Waals surface area contributed by atoms with Gasteiger partial charge in [0.25, 0.3) is 0 Å². The Morgan fingerprint density at radius 1 is 0.957 bits per heavy atom. The molecule has 0 fully saturated rings. The zero-order valence-electron chi connectivity index (χ0n) is 13.3. The lowest BCUT2D eigenvalue weighted by molar-refractivity contribution is -0.116. The van der Waals surface area contributed by atoms with Crippen molar-refractivity contribution in [2.45, 2.75) is 32.6 Å². The molecule has 2 rings (SSSR count). The monoisotopic (exact) mass is 421 g/mol. The van der Waals surface area contributed by atoms with Crippen LogP contribution in [0.2, 0.25) is 0 Å². The quantitative estimate of drug-likeness (QED) is 0.526. The van der Waals surface area contributed by atoms with E-state index in [9.17, 15) is 9.59 Å². The summed E-state index contributed by atoms with van der Waals surface area (Å²) in [5.41, 5.74) is 2.62. The van der Waals surface area contributed by atoms with Crippen LogP contribution < -0.4 is 5.32 Å². The van der Waals surface area contributed by atoms with E-state index in [0.29, 0.717) is 11.5 Å². The molecule has 0 unspecified atom stereocenters. The Labute approximate surface area is 150 Å². The van der Waals surface area contributed by atoms with Crippen LogP contribution in [0, 0.1) is 3.57 Å². The Morgan fingerprint density at radius 3 is 2.13 bits per heavy atom. The van der Waals surface area contributed by atoms with Crippen LogP contribution in [0.25, 0.3) is 0 Å². The van der Waals surface area contributed by atoms with Crippen molar-refractivity contribution < 1.29 is 9.59 Å². The molecule has 120 valence electrons. The van der Waals surface area contributed by atoms with Gasteiger partial charge in [-0.3, -0.25) is 9.59 Å². The highest BCUT2D eigenvalue weighted by Crippen LogP contribution is 2.16. The van der Waals surface area contributed by atoms with Crippen molar-refractivity contribution in [3.05, 3.63) is 63.2 Å². The van der Waals surface area contributed by atoms with Crippen LogP contribution in [0.1, 0.15) is 48.5 Å². The molecule has 0 aliphatic carbocycles. The third-order valence-corrected chi connectivity index (χ3v) is 4.33. The first-order chi connectivity index (χ1) is 11.0. The predicted octanol–water partition coefficient (Wildman–Crippen LogP) is 5.02. The van der Waals surface area contributed by atoms with Crippen molar-refractivity contribution in [1.29, 1.82) is 0 Å². The zero-order valence-corrected chi connectivity index (χ0v) is 15.5. The van der Waals surface area contributed by atoms with Crippen LogP contribution in [0.5, 0.6) is 0 Å². The summed E-state index contributed by atoms with van der Waals surface area (Å²) in [5, 5.41) is 2.81. The van der Waals surface area contributed by atoms with Gasteiger partial charge in [0, 0.05) is 27.7 Å². The number of rotatable bonds is 6. The van der Waals surface area contributed by atoms with E-state index < -0.39 is 0 Å². The summed E-state index contributed by atoms with van der Waals surface area (Å²) in [5.74, 6) is 0.301. The van der Waals surface area contributed by atoms with Crippen LogP contribution >= 0.6 is 22.6 Å². The zero-order chi connectivity index (χ0) is 16.8. The molecule has 0 saturated carbocycles. The molecule has 4 heteroatoms. The van der Waals surface area contributed by atoms with Crippen molar-refractivity contribution in [1.82, 2.24) is 0 Å². The molecule has 1 N–H and O–H groups in total. The largest absolute Gasteiger partial charge is 0.326 e. The van der Waals surface area contributed by atoms with Gasteiger partial charge in [-0.2, -0.15) is 0 Å². The first kappa shape index (κ1) is 17.7. The third-order valence-electron chi connectivity index (χ3n) is 3.61. The Kier molecular flexibility index (Phi) is 6.33. The van der Waals surface area contributed by atoms with E-state index in [0.717, 1.165) is 9.26 Å². The fourth-order valence-electron chi connectivity index (χ4n) is 2.18. The minimum atomic E-state index is -0.140. The number of Topliss-reactive ketones (excluding diaryl/α,β-unsaturated/α-hetero) is 1. The van der Waals surface area contributed by atoms with E-state index in [1.807, 2.05) is 48.5 Å². The lowest BCUT2D eigenvalue weighted by Crippen LogP contribution is -2.13. The molecule has 0 spiro atoms. The number of hydrogen-bond acceptors (Lipinski definition) is 2. The van der Waals surface area contributed by atoms with E-state index in [2.05, 4.69) is 41.8 Å². The molecule has 0 bridgehead atoms. The molecule has 3 nitrogen and oxygen atoms in total. The van der Waals surface area contributed by atoms with Crippen molar-refractivity contribution in [2.75, 3.05) is 5.32 Å². The first-order valence-corrected chi connectivity index (χ1v) is 8.72. The van der Waals surface area contributed by atoms with Crippen LogP contribution in [-0.4, -0.2) is 11.7 Å². The highest BCUT2D eigenvalue weighted by molar-refractivity contribution is 14.1. The smallest absolute Gasteiger partial charge is 0.224 e. The van der Waals surface area contributed by atoms with Gasteiger partial charge in [0.05, 0.1) is 0 Å². The second-order valence-corrected chi connectivity index (χ2v) is 7.00. The average Bonchev–Trinajstić information content (AvgIpc) is 2.55. The molecule has 2 aromatic rings. The van der Waals surface area contributed by atoms with Crippen LogP contribution in [0.3, 0.4) is 0 Å². The number of amides is 1. The highest BCUT2D eigenvalue weighted by Gasteiger charge is 2.10. The molecule has 0 aromatic heterocycles. The lowest BCUT2D eigenvalue weighted by atomic mass is 9.99. The topological polar surface area (TPSA) is 46.2 Å². The van der Waals surface area contributed by atoms with Gasteiger partial charge in [0.1, 0.15) is 0 Å². The van der Waals surface area contributed by atoms with Crippen molar-refractivity contribution in [3.63, 3.8) is 0 Å². The molecular formula is C19H20INO2. The van der Waals surface area contributed by atoms with Crippen LogP contribution in [0.4, 0.5) is 5.69 Å². The summed E-state index contributed by atoms with van der Waals surface area (Å²) in [6, 6.07) is 15.2. The number of nitrogens with one attached hydrogen (secondary N) is 1. The SMILES string of the molecule is CC(C)c1ccc(C(=O)CCC(=O)Nc2ccc(I)cc2)cc1. The summed E-state index contributed by atoms with van der Waals surface area (Å²) < 4.78 is 1.11. The van der Waals surface area contributed by atoms with Gasteiger partial charge in [0.15, 0.2) is 5.78 Å². The molecule has 23 heavy (non-hydrogen) atoms. The van der Waals surface area contributed by atoms with E-state index in [1.54, 1.807) is 0 Å². The second kappa shape index (κ2) is 8.24. The van der Waals surface area contributed by atoms with Crippen molar-refractivity contribution in [3.8, 4) is 0 Å². The van der Waals surface area contributed by atoms with Gasteiger partial charge in [-0.1, -0.05) is 38.1 Å². The fraction of sp³-hybridized carbons (Fsp3) is 0.263. The minimum absolute atomic E-state index is 0.00179. The Hall–Kier alpha value is -1.69. The first-order valence-electron chi connectivity index (χ1n) is 7.64. The number of halogens is 1. The molecule has 0 saturated heterocycles. The Balaban J connectivity index is 1.85. The molecule has 0 atom stereocenters. The Bertz CT molecular complexity index is 676. The van der Waals surface area contributed by atoms with E-state index in [-0.39, 0.29) is 24.5 Å². The number of ketones is 1. The maximum atomic E-state index is 12.1. The predicted molar refractivity (Wildman–Crippen MR) is 102 cm³/mol. The number of benzene rings is 2. The summed E-state index contributed by atoms with van der Waals surface area (Å²) in [4.78, 5) is 24.1. The van der Waals surface area contributed by atoms with Crippen molar-refractivity contribution in [2.24, 2.45) is 0 Å². The van der Waals surface area contributed by atoms with Gasteiger partial charge < -0.3 is 5.32 Å². The number of carbonyl (C=O) groups excluding carboxylic acids is 2. The molecule has 0 radical (unpaired) electrons. The maximum absolute atomic E-state index is 12.1. The van der Waals surface area contributed by atoms with Crippen molar-refractivity contribution >= 4 is 40.0 Å². The molecule has 0 aliphatic rings. The van der Waals surface area contributed by atoms with E-state index in [4.69, 9.17) is 0 Å². The molecule has 0 heterocycles. The number of carbonyl (C=O) groups is 2. The van der Waals surface area contributed by atoms with E-state index in [1.165, 1.54) is 5.56 Å². The highest BCUT2D eigenvalue weighted by atomic mass is 127. The van der Waals surface area contributed by atoms with Gasteiger partial charge in [0.2, 0.25) is 5.91 Å². The normalized spacial score (nSPS) is 10.6. The standard InChI is InChI=1S/C19H20INO2/c1-13(2)14-3-5-15(6-4-14)18(22)11-12-19(23)21-17-9-7-16(20)8-10-17/h3-10,13H,11-12H2,1-2H3,(H,21,23). The summed E-state index contributed by atoms with van der Waals surface area (Å²) in [6.07, 6.45) is 0.411. The molecule has 2 aromatic carbocycles. The summed E-state index contributed by atoms with van der Waals surface area (Å²) in [7, 11) is 0. The van der Waals surface area contributed by atoms with Crippen LogP contribution in [-0.2, 0) is 4.79 Å². The minimum Gasteiger partial charge on any atom is -0.326 e. The Morgan fingerprint density at radius 2 is 1.57 bits per heavy atom. The third kappa shape index (κ3) is 5.46. The number of anilines is 1. The average molecular weight is 421 g/mol. The summed E-state index contributed by atoms with van der Waals surface area (Å²) in [6.45, 7) is 4.23. The van der Waals surface area contributed by atoms with Crippen LogP contribution in [0.15, 0.2) is 48.5 Å². The lowest BCUT2D eigenvalue weighted by Gasteiger charge is -2.07. The maximum Gasteiger partial charge on any atom is 0.224 e. The van der Waals surface area contributed by atoms with E-state index >= 15 is 0 Å². The number of hydrogen-bond donors (Lipinski definition) is 1. The van der Waals surface area contributed by atoms with Gasteiger partial charge >= 0.3 is 0 Å². The molecular weight excluding hydrogens is 401 g/mol. The van der Waals surface area contributed by atoms with Gasteiger partial charge in [-0.25, -0.2) is 0 Å². The second-order valence-electron chi connectivity index (χ2n) is 5.75. The van der Waals surface area contributed by atoms with Gasteiger partial charge in [-0.05, 0) is 58.3 Å². The summed E-state index contributed by atoms with van der Waals surface area (Å²) >= 11 is 2.21. The van der Waals surface area contributed by atoms with Gasteiger partial charge in [-0.15, -0.1) is 0 Å². The molecule has 1 amide bonds. The molecule has 0 aliphatic heterocycles.